The van der Waals surface area contributed by atoms with Gasteiger partial charge in [0.2, 0.25) is 0 Å². The molecule has 0 heterocycles. The van der Waals surface area contributed by atoms with Gasteiger partial charge in [-0.3, -0.25) is 4.79 Å². The van der Waals surface area contributed by atoms with Gasteiger partial charge in [0.05, 0.1) is 12.7 Å². The average molecular weight is 253 g/mol. The number of aromatic hydroxyl groups is 1. The summed E-state index contributed by atoms with van der Waals surface area (Å²) in [4.78, 5) is 22.8. The molecule has 6 nitrogen and oxygen atoms in total. The van der Waals surface area contributed by atoms with Gasteiger partial charge in [0.1, 0.15) is 17.0 Å². The smallest absolute Gasteiger partial charge is 0.328 e. The Morgan fingerprint density at radius 3 is 2.44 bits per heavy atom. The van der Waals surface area contributed by atoms with E-state index in [4.69, 9.17) is 9.84 Å². The highest BCUT2D eigenvalue weighted by molar-refractivity contribution is 6.00. The number of phenolic OH excluding ortho intramolecular Hbond substituents is 1. The number of carboxylic acids is 1. The summed E-state index contributed by atoms with van der Waals surface area (Å²) in [5.41, 5.74) is -1.46. The highest BCUT2D eigenvalue weighted by Crippen LogP contribution is 2.23. The third-order valence-electron chi connectivity index (χ3n) is 2.41. The van der Waals surface area contributed by atoms with Gasteiger partial charge < -0.3 is 20.3 Å². The lowest BCUT2D eigenvalue weighted by Gasteiger charge is -2.21. The number of methoxy groups -OCH3 is 1. The van der Waals surface area contributed by atoms with E-state index in [2.05, 4.69) is 5.32 Å². The zero-order valence-corrected chi connectivity index (χ0v) is 10.4. The second-order valence-corrected chi connectivity index (χ2v) is 4.27. The van der Waals surface area contributed by atoms with E-state index in [0.29, 0.717) is 5.75 Å². The SMILES string of the molecule is COc1ccc(O)c(C(=O)NC(C)(C)C(=O)O)c1. The molecule has 0 aliphatic carbocycles. The van der Waals surface area contributed by atoms with Crippen LogP contribution in [0.4, 0.5) is 0 Å². The van der Waals surface area contributed by atoms with Crippen LogP contribution in [-0.4, -0.2) is 34.7 Å². The molecular weight excluding hydrogens is 238 g/mol. The summed E-state index contributed by atoms with van der Waals surface area (Å²) in [6.07, 6.45) is 0. The van der Waals surface area contributed by atoms with E-state index in [1.54, 1.807) is 0 Å². The lowest BCUT2D eigenvalue weighted by molar-refractivity contribution is -0.143. The van der Waals surface area contributed by atoms with Crippen molar-refractivity contribution in [3.63, 3.8) is 0 Å². The van der Waals surface area contributed by atoms with Crippen LogP contribution in [-0.2, 0) is 4.79 Å². The van der Waals surface area contributed by atoms with Crippen LogP contribution in [0.2, 0.25) is 0 Å². The van der Waals surface area contributed by atoms with E-state index >= 15 is 0 Å². The van der Waals surface area contributed by atoms with E-state index in [-0.39, 0.29) is 11.3 Å². The van der Waals surface area contributed by atoms with Crippen molar-refractivity contribution in [3.05, 3.63) is 23.8 Å². The monoisotopic (exact) mass is 253 g/mol. The molecule has 0 aromatic heterocycles. The van der Waals surface area contributed by atoms with E-state index in [0.717, 1.165) is 0 Å². The van der Waals surface area contributed by atoms with Crippen LogP contribution < -0.4 is 10.1 Å². The maximum absolute atomic E-state index is 11.9. The molecule has 6 heteroatoms. The molecule has 0 aliphatic rings. The van der Waals surface area contributed by atoms with Crippen LogP contribution in [0.25, 0.3) is 0 Å². The first-order valence-corrected chi connectivity index (χ1v) is 5.21. The molecule has 0 atom stereocenters. The second kappa shape index (κ2) is 4.95. The number of benzene rings is 1. The number of carbonyl (C=O) groups excluding carboxylic acids is 1. The van der Waals surface area contributed by atoms with Gasteiger partial charge >= 0.3 is 5.97 Å². The fourth-order valence-electron chi connectivity index (χ4n) is 1.23. The number of carboxylic acid groups (broad SMARTS) is 1. The number of amides is 1. The minimum absolute atomic E-state index is 0.0383. The summed E-state index contributed by atoms with van der Waals surface area (Å²) in [5, 5.41) is 20.8. The number of carbonyl (C=O) groups is 2. The summed E-state index contributed by atoms with van der Waals surface area (Å²) >= 11 is 0. The number of ether oxygens (including phenoxy) is 1. The third kappa shape index (κ3) is 2.91. The molecule has 0 spiro atoms. The quantitative estimate of drug-likeness (QED) is 0.743. The molecule has 0 aliphatic heterocycles. The van der Waals surface area contributed by atoms with Gasteiger partial charge in [0.25, 0.3) is 5.91 Å². The van der Waals surface area contributed by atoms with Crippen molar-refractivity contribution in [1.29, 1.82) is 0 Å². The number of phenols is 1. The van der Waals surface area contributed by atoms with Gasteiger partial charge in [-0.2, -0.15) is 0 Å². The molecule has 0 saturated heterocycles. The predicted octanol–water partition coefficient (Wildman–Crippen LogP) is 0.994. The van der Waals surface area contributed by atoms with E-state index in [9.17, 15) is 14.7 Å². The van der Waals surface area contributed by atoms with Crippen molar-refractivity contribution >= 4 is 11.9 Å². The molecule has 0 radical (unpaired) electrons. The fourth-order valence-corrected chi connectivity index (χ4v) is 1.23. The van der Waals surface area contributed by atoms with Crippen LogP contribution in [0.5, 0.6) is 11.5 Å². The molecule has 1 aromatic rings. The third-order valence-corrected chi connectivity index (χ3v) is 2.41. The van der Waals surface area contributed by atoms with Crippen LogP contribution in [0.15, 0.2) is 18.2 Å². The van der Waals surface area contributed by atoms with E-state index in [1.165, 1.54) is 39.2 Å². The number of hydrogen-bond donors (Lipinski definition) is 3. The second-order valence-electron chi connectivity index (χ2n) is 4.27. The normalized spacial score (nSPS) is 10.8. The Labute approximate surface area is 104 Å². The topological polar surface area (TPSA) is 95.9 Å². The Morgan fingerprint density at radius 2 is 1.94 bits per heavy atom. The lowest BCUT2D eigenvalue weighted by atomic mass is 10.0. The highest BCUT2D eigenvalue weighted by Gasteiger charge is 2.30. The largest absolute Gasteiger partial charge is 0.507 e. The van der Waals surface area contributed by atoms with E-state index < -0.39 is 17.4 Å². The van der Waals surface area contributed by atoms with Crippen LogP contribution in [0.1, 0.15) is 24.2 Å². The molecule has 0 unspecified atom stereocenters. The minimum Gasteiger partial charge on any atom is -0.507 e. The fraction of sp³-hybridized carbons (Fsp3) is 0.333. The van der Waals surface area contributed by atoms with Gasteiger partial charge in [0.15, 0.2) is 0 Å². The molecule has 98 valence electrons. The maximum Gasteiger partial charge on any atom is 0.328 e. The molecule has 1 aromatic carbocycles. The lowest BCUT2D eigenvalue weighted by Crippen LogP contribution is -2.49. The van der Waals surface area contributed by atoms with Crippen molar-refractivity contribution < 1.29 is 24.5 Å². The van der Waals surface area contributed by atoms with Crippen molar-refractivity contribution in [3.8, 4) is 11.5 Å². The molecule has 0 saturated carbocycles. The Bertz CT molecular complexity index is 481. The zero-order valence-electron chi connectivity index (χ0n) is 10.4. The Kier molecular flexibility index (Phi) is 3.80. The summed E-state index contributed by atoms with van der Waals surface area (Å²) in [5.74, 6) is -1.70. The predicted molar refractivity (Wildman–Crippen MR) is 63.8 cm³/mol. The first-order valence-electron chi connectivity index (χ1n) is 5.21. The number of hydrogen-bond acceptors (Lipinski definition) is 4. The Balaban J connectivity index is 3.01. The summed E-state index contributed by atoms with van der Waals surface area (Å²) in [6, 6.07) is 4.14. The van der Waals surface area contributed by atoms with Crippen molar-refractivity contribution in [2.24, 2.45) is 0 Å². The van der Waals surface area contributed by atoms with Gasteiger partial charge in [-0.05, 0) is 32.0 Å². The van der Waals surface area contributed by atoms with Crippen LogP contribution >= 0.6 is 0 Å². The van der Waals surface area contributed by atoms with Crippen LogP contribution in [0.3, 0.4) is 0 Å². The minimum atomic E-state index is -1.42. The van der Waals surface area contributed by atoms with Crippen molar-refractivity contribution in [2.45, 2.75) is 19.4 Å². The molecule has 0 fully saturated rings. The highest BCUT2D eigenvalue weighted by atomic mass is 16.5. The van der Waals surface area contributed by atoms with Gasteiger partial charge in [-0.1, -0.05) is 0 Å². The Hall–Kier alpha value is -2.24. The van der Waals surface area contributed by atoms with Crippen molar-refractivity contribution in [1.82, 2.24) is 5.32 Å². The van der Waals surface area contributed by atoms with Gasteiger partial charge in [-0.25, -0.2) is 4.79 Å². The molecule has 3 N–H and O–H groups in total. The van der Waals surface area contributed by atoms with Gasteiger partial charge in [0, 0.05) is 0 Å². The molecule has 0 bridgehead atoms. The standard InChI is InChI=1S/C12H15NO5/c1-12(2,11(16)17)13-10(15)8-6-7(18-3)4-5-9(8)14/h4-6,14H,1-3H3,(H,13,15)(H,16,17). The summed E-state index contributed by atoms with van der Waals surface area (Å²) < 4.78 is 4.93. The molecule has 1 amide bonds. The summed E-state index contributed by atoms with van der Waals surface area (Å²) in [7, 11) is 1.43. The first-order chi connectivity index (χ1) is 8.27. The maximum atomic E-state index is 11.9. The average Bonchev–Trinajstić information content (AvgIpc) is 2.28. The molecule has 18 heavy (non-hydrogen) atoms. The number of aliphatic carboxylic acids is 1. The van der Waals surface area contributed by atoms with E-state index in [1.807, 2.05) is 0 Å². The zero-order chi connectivity index (χ0) is 13.9. The summed E-state index contributed by atoms with van der Waals surface area (Å²) in [6.45, 7) is 2.70. The first kappa shape index (κ1) is 13.8. The number of nitrogens with one attached hydrogen (secondary N) is 1. The number of rotatable bonds is 4. The van der Waals surface area contributed by atoms with Crippen LogP contribution in [0, 0.1) is 0 Å². The Morgan fingerprint density at radius 1 is 1.33 bits per heavy atom. The van der Waals surface area contributed by atoms with Crippen molar-refractivity contribution in [2.75, 3.05) is 7.11 Å². The molecule has 1 rings (SSSR count). The van der Waals surface area contributed by atoms with Gasteiger partial charge in [-0.15, -0.1) is 0 Å². The molecular formula is C12H15NO5.